The first-order chi connectivity index (χ1) is 11.2. The Morgan fingerprint density at radius 1 is 1.50 bits per heavy atom. The number of halogens is 1. The van der Waals surface area contributed by atoms with E-state index in [0.717, 1.165) is 25.2 Å². The molecule has 130 valence electrons. The van der Waals surface area contributed by atoms with Crippen LogP contribution in [0.3, 0.4) is 0 Å². The third kappa shape index (κ3) is 4.81. The largest absolute Gasteiger partial charge is 0.444 e. The lowest BCUT2D eigenvalue weighted by atomic mass is 10.1. The number of rotatable bonds is 3. The van der Waals surface area contributed by atoms with Crippen LogP contribution in [0.4, 0.5) is 10.7 Å². The van der Waals surface area contributed by atoms with E-state index in [2.05, 4.69) is 37.3 Å². The molecule has 1 atom stereocenters. The lowest BCUT2D eigenvalue weighted by molar-refractivity contribution is 0.0520. The molecule has 24 heavy (non-hydrogen) atoms. The van der Waals surface area contributed by atoms with Crippen molar-refractivity contribution in [1.29, 1.82) is 5.26 Å². The van der Waals surface area contributed by atoms with Crippen LogP contribution in [0.15, 0.2) is 4.47 Å². The van der Waals surface area contributed by atoms with Crippen molar-refractivity contribution in [3.63, 3.8) is 0 Å². The molecule has 0 unspecified atom stereocenters. The van der Waals surface area contributed by atoms with E-state index >= 15 is 0 Å². The Morgan fingerprint density at radius 3 is 2.83 bits per heavy atom. The van der Waals surface area contributed by atoms with Crippen LogP contribution in [0.5, 0.6) is 0 Å². The van der Waals surface area contributed by atoms with E-state index in [1.165, 1.54) is 0 Å². The number of aromatic nitrogens is 2. The molecule has 1 aromatic heterocycles. The summed E-state index contributed by atoms with van der Waals surface area (Å²) in [4.78, 5) is 22.5. The molecule has 1 aliphatic rings. The highest BCUT2D eigenvalue weighted by molar-refractivity contribution is 9.10. The summed E-state index contributed by atoms with van der Waals surface area (Å²) in [5.74, 6) is 0.864. The van der Waals surface area contributed by atoms with Gasteiger partial charge >= 0.3 is 6.09 Å². The maximum Gasteiger partial charge on any atom is 0.407 e. The topological polar surface area (TPSA) is 91.1 Å². The number of carbonyl (C=O) groups excluding carboxylic acids is 1. The van der Waals surface area contributed by atoms with E-state index in [1.807, 2.05) is 32.6 Å². The standard InChI is InChI=1S/C16H22BrN5O2/c1-10-13(17)12(7-18)21-14(20-10)22-6-5-11(9-22)8-19-15(23)24-16(2,3)4/h11H,5-6,8-9H2,1-4H3,(H,19,23)/t11-/m1/s1. The van der Waals surface area contributed by atoms with Crippen LogP contribution in [0, 0.1) is 24.2 Å². The molecule has 1 amide bonds. The van der Waals surface area contributed by atoms with Crippen LogP contribution in [-0.4, -0.2) is 41.3 Å². The van der Waals surface area contributed by atoms with Gasteiger partial charge in [0.15, 0.2) is 5.69 Å². The van der Waals surface area contributed by atoms with E-state index in [0.29, 0.717) is 28.6 Å². The molecule has 0 spiro atoms. The zero-order chi connectivity index (χ0) is 17.9. The monoisotopic (exact) mass is 395 g/mol. The van der Waals surface area contributed by atoms with Crippen molar-refractivity contribution in [3.8, 4) is 6.07 Å². The molecule has 2 rings (SSSR count). The molecule has 1 fully saturated rings. The van der Waals surface area contributed by atoms with Gasteiger partial charge in [0.2, 0.25) is 5.95 Å². The van der Waals surface area contributed by atoms with Gasteiger partial charge in [-0.2, -0.15) is 5.26 Å². The molecular formula is C16H22BrN5O2. The first-order valence-corrected chi connectivity index (χ1v) is 8.65. The van der Waals surface area contributed by atoms with Crippen LogP contribution < -0.4 is 10.2 Å². The zero-order valence-electron chi connectivity index (χ0n) is 14.4. The fraction of sp³-hybridized carbons (Fsp3) is 0.625. The van der Waals surface area contributed by atoms with Crippen LogP contribution >= 0.6 is 15.9 Å². The number of hydrogen-bond acceptors (Lipinski definition) is 6. The first-order valence-electron chi connectivity index (χ1n) is 7.85. The SMILES string of the molecule is Cc1nc(N2CC[C@H](CNC(=O)OC(C)(C)C)C2)nc(C#N)c1Br. The van der Waals surface area contributed by atoms with Gasteiger partial charge in [-0.3, -0.25) is 0 Å². The predicted molar refractivity (Wildman–Crippen MR) is 93.7 cm³/mol. The Labute approximate surface area is 150 Å². The number of anilines is 1. The summed E-state index contributed by atoms with van der Waals surface area (Å²) in [6.07, 6.45) is 0.527. The molecule has 0 bridgehead atoms. The van der Waals surface area contributed by atoms with Gasteiger partial charge in [0.05, 0.1) is 10.2 Å². The number of aryl methyl sites for hydroxylation is 1. The molecule has 0 radical (unpaired) electrons. The van der Waals surface area contributed by atoms with Crippen molar-refractivity contribution in [1.82, 2.24) is 15.3 Å². The van der Waals surface area contributed by atoms with Crippen molar-refractivity contribution in [2.45, 2.75) is 39.7 Å². The molecule has 1 N–H and O–H groups in total. The van der Waals surface area contributed by atoms with Crippen LogP contribution in [-0.2, 0) is 4.74 Å². The smallest absolute Gasteiger partial charge is 0.407 e. The average molecular weight is 396 g/mol. The van der Waals surface area contributed by atoms with Gasteiger partial charge in [-0.1, -0.05) is 0 Å². The normalized spacial score (nSPS) is 17.5. The molecule has 7 nitrogen and oxygen atoms in total. The van der Waals surface area contributed by atoms with Gasteiger partial charge < -0.3 is 15.0 Å². The summed E-state index contributed by atoms with van der Waals surface area (Å²) in [5, 5.41) is 12.0. The summed E-state index contributed by atoms with van der Waals surface area (Å²) in [7, 11) is 0. The van der Waals surface area contributed by atoms with E-state index in [9.17, 15) is 4.79 Å². The molecule has 2 heterocycles. The van der Waals surface area contributed by atoms with Gasteiger partial charge in [-0.25, -0.2) is 14.8 Å². The third-order valence-electron chi connectivity index (χ3n) is 3.61. The van der Waals surface area contributed by atoms with Crippen LogP contribution in [0.2, 0.25) is 0 Å². The maximum absolute atomic E-state index is 11.7. The maximum atomic E-state index is 11.7. The summed E-state index contributed by atoms with van der Waals surface area (Å²) >= 11 is 3.33. The molecule has 0 saturated carbocycles. The fourth-order valence-corrected chi connectivity index (χ4v) is 2.75. The second-order valence-electron chi connectivity index (χ2n) is 6.87. The molecule has 8 heteroatoms. The first kappa shape index (κ1) is 18.5. The highest BCUT2D eigenvalue weighted by atomic mass is 79.9. The van der Waals surface area contributed by atoms with Crippen molar-refractivity contribution in [2.75, 3.05) is 24.5 Å². The van der Waals surface area contributed by atoms with E-state index < -0.39 is 11.7 Å². The van der Waals surface area contributed by atoms with E-state index in [1.54, 1.807) is 0 Å². The molecule has 1 saturated heterocycles. The number of ether oxygens (including phenoxy) is 1. The van der Waals surface area contributed by atoms with Gasteiger partial charge in [0, 0.05) is 19.6 Å². The Bertz CT molecular complexity index is 666. The minimum atomic E-state index is -0.498. The van der Waals surface area contributed by atoms with E-state index in [-0.39, 0.29) is 0 Å². The number of nitrogens with one attached hydrogen (secondary N) is 1. The quantitative estimate of drug-likeness (QED) is 0.845. The Hall–Kier alpha value is -1.88. The highest BCUT2D eigenvalue weighted by Crippen LogP contribution is 2.25. The Kier molecular flexibility index (Phi) is 5.65. The lowest BCUT2D eigenvalue weighted by Crippen LogP contribution is -2.36. The predicted octanol–water partition coefficient (Wildman–Crippen LogP) is 2.77. The highest BCUT2D eigenvalue weighted by Gasteiger charge is 2.26. The van der Waals surface area contributed by atoms with Gasteiger partial charge in [0.25, 0.3) is 0 Å². The number of amides is 1. The third-order valence-corrected chi connectivity index (χ3v) is 4.56. The second kappa shape index (κ2) is 7.34. The van der Waals surface area contributed by atoms with Gasteiger partial charge in [-0.15, -0.1) is 0 Å². The van der Waals surface area contributed by atoms with Crippen molar-refractivity contribution in [2.24, 2.45) is 5.92 Å². The summed E-state index contributed by atoms with van der Waals surface area (Å²) in [6, 6.07) is 2.07. The van der Waals surface area contributed by atoms with Crippen molar-refractivity contribution in [3.05, 3.63) is 15.9 Å². The number of carbonyl (C=O) groups is 1. The van der Waals surface area contributed by atoms with Crippen LogP contribution in [0.25, 0.3) is 0 Å². The molecule has 0 aliphatic carbocycles. The number of nitriles is 1. The van der Waals surface area contributed by atoms with Crippen molar-refractivity contribution >= 4 is 28.0 Å². The van der Waals surface area contributed by atoms with Gasteiger partial charge in [-0.05, 0) is 56.0 Å². The second-order valence-corrected chi connectivity index (χ2v) is 7.66. The lowest BCUT2D eigenvalue weighted by Gasteiger charge is -2.21. The number of hydrogen-bond donors (Lipinski definition) is 1. The van der Waals surface area contributed by atoms with E-state index in [4.69, 9.17) is 10.00 Å². The molecular weight excluding hydrogens is 374 g/mol. The zero-order valence-corrected chi connectivity index (χ0v) is 16.0. The van der Waals surface area contributed by atoms with Crippen molar-refractivity contribution < 1.29 is 9.53 Å². The molecule has 1 aliphatic heterocycles. The minimum Gasteiger partial charge on any atom is -0.444 e. The fourth-order valence-electron chi connectivity index (χ4n) is 2.48. The summed E-state index contributed by atoms with van der Waals surface area (Å²) < 4.78 is 5.87. The minimum absolute atomic E-state index is 0.301. The van der Waals surface area contributed by atoms with Crippen LogP contribution in [0.1, 0.15) is 38.6 Å². The summed E-state index contributed by atoms with van der Waals surface area (Å²) in [5.41, 5.74) is 0.585. The number of nitrogens with zero attached hydrogens (tertiary/aromatic N) is 4. The Balaban J connectivity index is 1.93. The van der Waals surface area contributed by atoms with Gasteiger partial charge in [0.1, 0.15) is 11.7 Å². The average Bonchev–Trinajstić information content (AvgIpc) is 2.95. The summed E-state index contributed by atoms with van der Waals surface area (Å²) in [6.45, 7) is 9.44. The molecule has 0 aromatic carbocycles. The Morgan fingerprint density at radius 2 is 2.21 bits per heavy atom. The number of alkyl carbamates (subject to hydrolysis) is 1. The molecule has 1 aromatic rings.